The van der Waals surface area contributed by atoms with Gasteiger partial charge in [-0.1, -0.05) is 30.5 Å². The van der Waals surface area contributed by atoms with E-state index in [4.69, 9.17) is 5.21 Å². The zero-order valence-corrected chi connectivity index (χ0v) is 7.66. The van der Waals surface area contributed by atoms with Gasteiger partial charge in [0.1, 0.15) is 0 Å². The molecular weight excluding hydrogens is 150 g/mol. The lowest BCUT2D eigenvalue weighted by Crippen LogP contribution is -2.03. The Bertz CT molecular complexity index is 178. The van der Waals surface area contributed by atoms with Gasteiger partial charge < -0.3 is 5.21 Å². The van der Waals surface area contributed by atoms with Gasteiger partial charge in [0, 0.05) is 0 Å². The van der Waals surface area contributed by atoms with Crippen LogP contribution in [-0.4, -0.2) is 11.4 Å². The summed E-state index contributed by atoms with van der Waals surface area (Å²) in [4.78, 5) is 0. The molecule has 1 rings (SSSR count). The molecule has 0 aromatic rings. The van der Waals surface area contributed by atoms with Crippen molar-refractivity contribution in [3.63, 3.8) is 0 Å². The van der Waals surface area contributed by atoms with Gasteiger partial charge in [-0.3, -0.25) is 0 Å². The second-order valence-electron chi connectivity index (χ2n) is 3.55. The van der Waals surface area contributed by atoms with Gasteiger partial charge >= 0.3 is 0 Å². The summed E-state index contributed by atoms with van der Waals surface area (Å²) in [7, 11) is 0. The fourth-order valence-electron chi connectivity index (χ4n) is 1.81. The summed E-state index contributed by atoms with van der Waals surface area (Å²) in [6.07, 6.45) is 10.4. The zero-order valence-electron chi connectivity index (χ0n) is 7.66. The quantitative estimate of drug-likeness (QED) is 0.383. The Labute approximate surface area is 74.0 Å². The predicted octanol–water partition coefficient (Wildman–Crippen LogP) is 2.97. The van der Waals surface area contributed by atoms with Gasteiger partial charge in [0.05, 0.1) is 6.21 Å². The van der Waals surface area contributed by atoms with Gasteiger partial charge in [0.25, 0.3) is 0 Å². The molecule has 0 unspecified atom stereocenters. The predicted molar refractivity (Wildman–Crippen MR) is 50.6 cm³/mol. The molecule has 0 heterocycles. The Hall–Kier alpha value is -0.790. The van der Waals surface area contributed by atoms with Crippen LogP contribution in [0.25, 0.3) is 0 Å². The lowest BCUT2D eigenvalue weighted by molar-refractivity contribution is 0.321. The highest BCUT2D eigenvalue weighted by Gasteiger charge is 2.10. The largest absolute Gasteiger partial charge is 0.411 e. The minimum atomic E-state index is 0.719. The Balaban J connectivity index is 2.41. The summed E-state index contributed by atoms with van der Waals surface area (Å²) >= 11 is 0. The fourth-order valence-corrected chi connectivity index (χ4v) is 1.81. The molecule has 0 bridgehead atoms. The first-order valence-corrected chi connectivity index (χ1v) is 4.69. The Morgan fingerprint density at radius 2 is 2.00 bits per heavy atom. The van der Waals surface area contributed by atoms with E-state index in [1.165, 1.54) is 38.3 Å². The number of hydrogen-bond donors (Lipinski definition) is 1. The highest BCUT2D eigenvalue weighted by molar-refractivity contribution is 5.76. The van der Waals surface area contributed by atoms with Crippen LogP contribution in [0.15, 0.2) is 16.8 Å². The van der Waals surface area contributed by atoms with Gasteiger partial charge in [0.15, 0.2) is 0 Å². The molecule has 0 aliphatic heterocycles. The molecule has 0 amide bonds. The van der Waals surface area contributed by atoms with E-state index >= 15 is 0 Å². The second kappa shape index (κ2) is 4.96. The van der Waals surface area contributed by atoms with Crippen LogP contribution in [-0.2, 0) is 0 Å². The third-order valence-corrected chi connectivity index (χ3v) is 2.41. The zero-order chi connectivity index (χ0) is 8.81. The van der Waals surface area contributed by atoms with Crippen molar-refractivity contribution in [2.45, 2.75) is 39.0 Å². The topological polar surface area (TPSA) is 32.6 Å². The van der Waals surface area contributed by atoms with Gasteiger partial charge in [-0.2, -0.15) is 0 Å². The molecule has 0 spiro atoms. The van der Waals surface area contributed by atoms with Gasteiger partial charge in [0.2, 0.25) is 0 Å². The first-order valence-electron chi connectivity index (χ1n) is 4.69. The molecule has 1 fully saturated rings. The fraction of sp³-hybridized carbons (Fsp3) is 0.700. The monoisotopic (exact) mass is 167 g/mol. The molecule has 0 aromatic heterocycles. The SMILES string of the molecule is CC(C=NO)=CC1CCCCC1. The maximum absolute atomic E-state index is 8.29. The van der Waals surface area contributed by atoms with E-state index in [9.17, 15) is 0 Å². The van der Waals surface area contributed by atoms with Crippen molar-refractivity contribution in [1.29, 1.82) is 0 Å². The van der Waals surface area contributed by atoms with Gasteiger partial charge in [-0.05, 0) is 31.3 Å². The van der Waals surface area contributed by atoms with E-state index in [1.54, 1.807) is 0 Å². The molecule has 1 N–H and O–H groups in total. The average molecular weight is 167 g/mol. The van der Waals surface area contributed by atoms with Crippen LogP contribution < -0.4 is 0 Å². The molecule has 2 nitrogen and oxygen atoms in total. The Morgan fingerprint density at radius 3 is 2.58 bits per heavy atom. The Kier molecular flexibility index (Phi) is 3.85. The smallest absolute Gasteiger partial charge is 0.0687 e. The normalized spacial score (nSPS) is 21.9. The highest BCUT2D eigenvalue weighted by atomic mass is 16.4. The molecule has 0 saturated heterocycles. The molecule has 1 saturated carbocycles. The van der Waals surface area contributed by atoms with Crippen LogP contribution in [0.3, 0.4) is 0 Å². The molecule has 0 radical (unpaired) electrons. The van der Waals surface area contributed by atoms with Crippen LogP contribution in [0.5, 0.6) is 0 Å². The summed E-state index contributed by atoms with van der Waals surface area (Å²) < 4.78 is 0. The molecule has 0 atom stereocenters. The minimum absolute atomic E-state index is 0.719. The number of allylic oxidation sites excluding steroid dienone is 2. The van der Waals surface area contributed by atoms with E-state index in [1.807, 2.05) is 6.92 Å². The molecule has 68 valence electrons. The van der Waals surface area contributed by atoms with Crippen molar-refractivity contribution in [2.24, 2.45) is 11.1 Å². The van der Waals surface area contributed by atoms with Crippen molar-refractivity contribution >= 4 is 6.21 Å². The molecule has 1 aliphatic rings. The van der Waals surface area contributed by atoms with Crippen LogP contribution >= 0.6 is 0 Å². The lowest BCUT2D eigenvalue weighted by atomic mass is 9.88. The Morgan fingerprint density at radius 1 is 1.33 bits per heavy atom. The van der Waals surface area contributed by atoms with Crippen molar-refractivity contribution in [2.75, 3.05) is 0 Å². The van der Waals surface area contributed by atoms with E-state index in [0.717, 1.165) is 11.5 Å². The first-order chi connectivity index (χ1) is 5.83. The van der Waals surface area contributed by atoms with Crippen LogP contribution in [0, 0.1) is 5.92 Å². The molecule has 0 aromatic carbocycles. The van der Waals surface area contributed by atoms with Gasteiger partial charge in [-0.25, -0.2) is 0 Å². The average Bonchev–Trinajstić information content (AvgIpc) is 2.06. The standard InChI is InChI=1S/C10H17NO/c1-9(8-11-12)7-10-5-3-2-4-6-10/h7-8,10,12H,2-6H2,1H3. The minimum Gasteiger partial charge on any atom is -0.411 e. The number of oxime groups is 1. The summed E-state index contributed by atoms with van der Waals surface area (Å²) in [5, 5.41) is 11.3. The molecular formula is C10H17NO. The van der Waals surface area contributed by atoms with E-state index in [0.29, 0.717) is 0 Å². The third kappa shape index (κ3) is 3.07. The van der Waals surface area contributed by atoms with Crippen molar-refractivity contribution in [3.8, 4) is 0 Å². The lowest BCUT2D eigenvalue weighted by Gasteiger charge is -2.18. The number of hydrogen-bond acceptors (Lipinski definition) is 2. The van der Waals surface area contributed by atoms with Crippen LogP contribution in [0.4, 0.5) is 0 Å². The van der Waals surface area contributed by atoms with E-state index < -0.39 is 0 Å². The summed E-state index contributed by atoms with van der Waals surface area (Å²) in [6, 6.07) is 0. The number of nitrogens with zero attached hydrogens (tertiary/aromatic N) is 1. The third-order valence-electron chi connectivity index (χ3n) is 2.41. The van der Waals surface area contributed by atoms with Crippen molar-refractivity contribution in [1.82, 2.24) is 0 Å². The number of rotatable bonds is 2. The molecule has 12 heavy (non-hydrogen) atoms. The summed E-state index contributed by atoms with van der Waals surface area (Å²) in [6.45, 7) is 1.98. The molecule has 1 aliphatic carbocycles. The molecule has 2 heteroatoms. The van der Waals surface area contributed by atoms with Crippen LogP contribution in [0.1, 0.15) is 39.0 Å². The maximum Gasteiger partial charge on any atom is 0.0687 e. The summed E-state index contributed by atoms with van der Waals surface area (Å²) in [5.41, 5.74) is 1.07. The van der Waals surface area contributed by atoms with Crippen molar-refractivity contribution in [3.05, 3.63) is 11.6 Å². The summed E-state index contributed by atoms with van der Waals surface area (Å²) in [5.74, 6) is 0.719. The maximum atomic E-state index is 8.29. The van der Waals surface area contributed by atoms with E-state index in [2.05, 4.69) is 11.2 Å². The van der Waals surface area contributed by atoms with Crippen molar-refractivity contribution < 1.29 is 5.21 Å². The van der Waals surface area contributed by atoms with Gasteiger partial charge in [-0.15, -0.1) is 0 Å². The van der Waals surface area contributed by atoms with E-state index in [-0.39, 0.29) is 0 Å². The van der Waals surface area contributed by atoms with Crippen LogP contribution in [0.2, 0.25) is 0 Å². The first kappa shape index (κ1) is 9.30. The highest BCUT2D eigenvalue weighted by Crippen LogP contribution is 2.25. The second-order valence-corrected chi connectivity index (χ2v) is 3.55.